The fourth-order valence-corrected chi connectivity index (χ4v) is 29.2. The fourth-order valence-electron chi connectivity index (χ4n) is 12.4. The Hall–Kier alpha value is -5.85. The molecule has 0 saturated carbocycles. The number of piperidine rings is 3. The molecule has 0 spiro atoms. The van der Waals surface area contributed by atoms with Crippen LogP contribution in [-0.4, -0.2) is 233 Å². The van der Waals surface area contributed by atoms with Crippen molar-refractivity contribution >= 4 is 140 Å². The van der Waals surface area contributed by atoms with E-state index >= 15 is 0 Å². The van der Waals surface area contributed by atoms with Gasteiger partial charge in [0.05, 0.1) is 26.2 Å². The molecular weight excluding hydrogens is 2090 g/mol. The molecule has 11 unspecified atom stereocenters. The van der Waals surface area contributed by atoms with Gasteiger partial charge in [0, 0.05) is 253 Å². The summed E-state index contributed by atoms with van der Waals surface area (Å²) in [5, 5.41) is 19.5. The number of Topliss-reactive ketones (excluding diaryl/α,β-unsaturated/α-hetero) is 1. The summed E-state index contributed by atoms with van der Waals surface area (Å²) in [6.07, 6.45) is 24.8. The zero-order chi connectivity index (χ0) is 110. The molecule has 3 aliphatic rings. The summed E-state index contributed by atoms with van der Waals surface area (Å²) in [6.45, 7) is 53.5. The number of ether oxygens (including phenoxy) is 2. The van der Waals surface area contributed by atoms with Gasteiger partial charge in [-0.15, -0.1) is 23.2 Å². The Kier molecular flexibility index (Phi) is 85.5. The number of nitrogens with zero attached hydrogens (tertiary/aromatic N) is 9. The van der Waals surface area contributed by atoms with Gasteiger partial charge < -0.3 is 71.1 Å². The van der Waals surface area contributed by atoms with Gasteiger partial charge >= 0.3 is 155 Å². The van der Waals surface area contributed by atoms with E-state index in [1.807, 2.05) is 157 Å². The fraction of sp³-hybridized carbons (Fsp3) is 0.667. The maximum atomic E-state index is 12.0. The molecule has 31 nitrogen and oxygen atoms in total. The second-order valence-corrected chi connectivity index (χ2v) is 58.9. The number of unbranched alkanes of at least 4 members (excludes halogenated alkanes) is 3. The molecular formula is C102H183BBrCl2N13NaO18S3Sn. The number of aliphatic hydroxyl groups is 1. The van der Waals surface area contributed by atoms with Crippen molar-refractivity contribution in [1.82, 2.24) is 37.5 Å². The molecule has 3 fully saturated rings. The van der Waals surface area contributed by atoms with Crippen molar-refractivity contribution < 1.29 is 92.1 Å². The third-order valence-electron chi connectivity index (χ3n) is 22.1. The molecule has 3 amide bonds. The van der Waals surface area contributed by atoms with Gasteiger partial charge in [0.25, 0.3) is 33.8 Å². The summed E-state index contributed by atoms with van der Waals surface area (Å²) >= 11 is 10.2. The molecule has 3 saturated heterocycles. The van der Waals surface area contributed by atoms with Gasteiger partial charge in [-0.05, 0) is 208 Å². The summed E-state index contributed by atoms with van der Waals surface area (Å²) in [6, 6.07) is 16.8. The number of esters is 1. The molecule has 3 radical (unpaired) electrons. The van der Waals surface area contributed by atoms with E-state index in [4.69, 9.17) is 46.8 Å². The zero-order valence-electron chi connectivity index (χ0n) is 94.0. The van der Waals surface area contributed by atoms with E-state index in [9.17, 15) is 60.6 Å². The first-order chi connectivity index (χ1) is 64.6. The van der Waals surface area contributed by atoms with Crippen molar-refractivity contribution in [2.75, 3.05) is 73.0 Å². The molecule has 5 aromatic heterocycles. The number of amides is 3. The number of aliphatic carboxylic acids is 1. The minimum absolute atomic E-state index is 0. The number of carboxylic acids is 1. The monoisotopic (exact) mass is 2280 g/mol. The van der Waals surface area contributed by atoms with Crippen LogP contribution in [0.5, 0.6) is 0 Å². The Bertz CT molecular complexity index is 4830. The van der Waals surface area contributed by atoms with Gasteiger partial charge in [-0.25, -0.2) is 8.42 Å². The minimum atomic E-state index is -2.24. The van der Waals surface area contributed by atoms with Crippen molar-refractivity contribution in [2.45, 2.75) is 307 Å². The van der Waals surface area contributed by atoms with Gasteiger partial charge in [-0.1, -0.05) is 29.8 Å². The minimum Gasteiger partial charge on any atom is -1.00 e. The average molecular weight is 2280 g/mol. The molecule has 3 aliphatic heterocycles. The van der Waals surface area contributed by atoms with E-state index in [2.05, 4.69) is 77.8 Å². The van der Waals surface area contributed by atoms with Crippen LogP contribution in [0.1, 0.15) is 290 Å². The van der Waals surface area contributed by atoms with Crippen molar-refractivity contribution in [3.63, 3.8) is 0 Å². The molecule has 0 aromatic carbocycles. The first-order valence-electron chi connectivity index (χ1n) is 47.5. The molecule has 11 atom stereocenters. The first kappa shape index (κ1) is 151. The van der Waals surface area contributed by atoms with E-state index in [-0.39, 0.29) is 141 Å². The molecule has 811 valence electrons. The average Bonchev–Trinajstić information content (AvgIpc) is 0.854. The van der Waals surface area contributed by atoms with Gasteiger partial charge in [0.1, 0.15) is 16.6 Å². The standard InChI is InChI=1S/C14H25NO3.C13H21NO2S.C12H18N2O2S.2C8H16N2O.C8H12N2O.C8H9NO2.C6H6BrNO.C4H11NOS.C4H7O.3C4H9.C2H4O2.2CH3Cl.CH4O.B.Na.Sn.H/c1-10(8-13(17)18-14(2,3)4)11-6-7-15(5)12(16)9-11;1-10(9-17(16)13(2,3)4)11-6-7-14(5)12(15)8-11;1-9(13-17(16)12(2,3)4)10-6-7-14(5)11(15)8-10;3*1-6(9)7-3-4-10(2)8(11)5-7;1-6(10)7-3-4-9(2)8(11)5-7;1-8-3-2-5(7)4-6(8)9;1-4(2,3)7(5)6;1-3-5-4-2;3*1-3-4-2;1-2(3)4;3*1-2;;;;/h10-11H,6-9H2,1-5H3;6-8,10H,9H2,1-5H3;6-8H,1-5H3;2*6-7H,3-5,9H2,1-2H3;3-6H,9H2,1-2H3;3-5H,1-2H3;2-4H,1H3;5H2,1-3H3;1,4H2,2H3;3*1,3-4H2,2H3;1H3,(H,3,4);2*1H3;2H,1H3;;;;/q;;;;;;;;;;;;;;;;;;+1;;-1. The number of alkyl halides is 2. The van der Waals surface area contributed by atoms with Crippen LogP contribution in [0.2, 0.25) is 13.3 Å². The smallest absolute Gasteiger partial charge is 1.00 e. The number of aliphatic hydroxyl groups excluding tert-OH is 1. The van der Waals surface area contributed by atoms with E-state index < -0.39 is 62.7 Å². The largest absolute Gasteiger partial charge is 1.00 e. The first-order valence-corrected chi connectivity index (χ1v) is 61.0. The number of carbonyl (C=O) groups is 6. The third kappa shape index (κ3) is 69.4. The maximum Gasteiger partial charge on any atom is 1.00 e. The SMILES string of the molecule is C=[C](OCC)[Sn]([CH2]CCC)([CH2]CCC)[CH2]CCC.CC(=NS(=O)C(C)(C)C)c1ccn(C)c(=O)c1.CC(=O)O.CC(=O)c1ccn(C)c(=O)c1.CC(C)(C)S(N)=O.CC(CC(=O)OC(C)(C)C)C1CCN(C)C(=O)C1.CC(CS(=O)C(C)(C)C)c1ccn(C)c(=O)c1.CC(N)C1CCN(C)C(=O)C1.CC(N)C1CCN(C)C(=O)C1.CC(N)c1ccn(C)c(=O)c1.CCl.CCl.CO.Cn1ccc(Br)cc1=O.[B].[H-].[Na+]. The van der Waals surface area contributed by atoms with Crippen LogP contribution in [0.3, 0.4) is 0 Å². The number of halogens is 3. The van der Waals surface area contributed by atoms with E-state index in [1.165, 1.54) is 116 Å². The van der Waals surface area contributed by atoms with Crippen LogP contribution in [0.4, 0.5) is 0 Å². The van der Waals surface area contributed by atoms with Crippen LogP contribution in [-0.2, 0) is 101 Å². The molecule has 0 aliphatic carbocycles. The number of aryl methyl sites for hydroxylation is 5. The normalized spacial score (nSPS) is 15.9. The summed E-state index contributed by atoms with van der Waals surface area (Å²) < 4.78 is 62.7. The summed E-state index contributed by atoms with van der Waals surface area (Å²) in [7, 11) is 11.6. The predicted octanol–water partition coefficient (Wildman–Crippen LogP) is 12.9. The number of carbonyl (C=O) groups excluding carboxylic acids is 5. The van der Waals surface area contributed by atoms with E-state index in [0.717, 1.165) is 75.1 Å². The predicted molar refractivity (Wildman–Crippen MR) is 598 cm³/mol. The van der Waals surface area contributed by atoms with Gasteiger partial charge in [-0.2, -0.15) is 4.40 Å². The molecule has 8 heterocycles. The molecule has 0 bridgehead atoms. The number of hydrogen-bond donors (Lipinski definition) is 6. The van der Waals surface area contributed by atoms with Crippen molar-refractivity contribution in [3.8, 4) is 0 Å². The Morgan fingerprint density at radius 3 is 1.14 bits per heavy atom. The van der Waals surface area contributed by atoms with Crippen LogP contribution in [0.15, 0.2) is 135 Å². The quantitative estimate of drug-likeness (QED) is 0.00834. The van der Waals surface area contributed by atoms with Crippen molar-refractivity contribution in [3.05, 3.63) is 180 Å². The van der Waals surface area contributed by atoms with E-state index in [0.29, 0.717) is 66.0 Å². The molecule has 10 N–H and O–H groups in total. The number of likely N-dealkylation sites (tertiary alicyclic amines) is 3. The second-order valence-electron chi connectivity index (χ2n) is 38.8. The topological polar surface area (TPSA) is 449 Å². The van der Waals surface area contributed by atoms with Crippen LogP contribution >= 0.6 is 39.1 Å². The Balaban J connectivity index is -0.000000199. The van der Waals surface area contributed by atoms with Gasteiger partial charge in [0.15, 0.2) is 5.78 Å². The summed E-state index contributed by atoms with van der Waals surface area (Å²) in [4.78, 5) is 127. The molecule has 5 aromatic rings. The summed E-state index contributed by atoms with van der Waals surface area (Å²) in [5.41, 5.74) is 19.9. The number of aromatic nitrogens is 5. The van der Waals surface area contributed by atoms with Crippen molar-refractivity contribution in [2.24, 2.45) is 85.6 Å². The number of ketones is 1. The van der Waals surface area contributed by atoms with Crippen LogP contribution in [0.25, 0.3) is 0 Å². The Labute approximate surface area is 907 Å². The van der Waals surface area contributed by atoms with Crippen LogP contribution in [0, 0.1) is 23.7 Å². The Morgan fingerprint density at radius 1 is 0.535 bits per heavy atom. The number of nitrogens with two attached hydrogens (primary N) is 4. The zero-order valence-corrected chi connectivity index (χ0v) is 103. The molecule has 8 rings (SSSR count). The van der Waals surface area contributed by atoms with Gasteiger partial charge in [0.2, 0.25) is 17.7 Å². The Morgan fingerprint density at radius 2 is 0.852 bits per heavy atom. The van der Waals surface area contributed by atoms with E-state index in [1.54, 1.807) is 112 Å². The summed E-state index contributed by atoms with van der Waals surface area (Å²) in [5.74, 6) is 1.62. The number of carboxylic acid groups (broad SMARTS) is 1. The van der Waals surface area contributed by atoms with Crippen molar-refractivity contribution in [1.29, 1.82) is 0 Å². The second kappa shape index (κ2) is 80.2. The number of hydrogen-bond acceptors (Lipinski definition) is 20. The van der Waals surface area contributed by atoms with Crippen LogP contribution < -0.4 is 79.7 Å². The third-order valence-corrected chi connectivity index (χ3v) is 42.5. The maximum absolute atomic E-state index is 12.0. The van der Waals surface area contributed by atoms with Gasteiger partial charge in [-0.3, -0.25) is 62.1 Å². The molecule has 40 heteroatoms. The molecule has 142 heavy (non-hydrogen) atoms. The number of rotatable bonds is 24. The number of pyridine rings is 5.